The molecule has 4 heteroatoms. The summed E-state index contributed by atoms with van der Waals surface area (Å²) in [4.78, 5) is 15.9. The lowest BCUT2D eigenvalue weighted by molar-refractivity contribution is -0.130. The SMILES string of the molecule is CC(C)CC(CN(C)C)NCC(=O)N(C)C(C)C. The molecule has 4 nitrogen and oxygen atoms in total. The molecule has 1 N–H and O–H groups in total. The standard InChI is InChI=1S/C14H31N3O/c1-11(2)8-13(10-16(5)6)15-9-14(18)17(7)12(3)4/h11-13,15H,8-10H2,1-7H3. The van der Waals surface area contributed by atoms with E-state index in [2.05, 4.69) is 38.2 Å². The van der Waals surface area contributed by atoms with Crippen molar-refractivity contribution >= 4 is 5.91 Å². The van der Waals surface area contributed by atoms with Crippen LogP contribution in [0.1, 0.15) is 34.1 Å². The molecule has 0 aromatic rings. The zero-order valence-electron chi connectivity index (χ0n) is 13.2. The number of amides is 1. The number of rotatable bonds is 8. The third-order valence-electron chi connectivity index (χ3n) is 3.05. The van der Waals surface area contributed by atoms with E-state index in [4.69, 9.17) is 0 Å². The van der Waals surface area contributed by atoms with Gasteiger partial charge in [0.1, 0.15) is 0 Å². The molecule has 1 unspecified atom stereocenters. The molecule has 0 saturated carbocycles. The first-order valence-electron chi connectivity index (χ1n) is 6.87. The van der Waals surface area contributed by atoms with E-state index in [9.17, 15) is 4.79 Å². The Hall–Kier alpha value is -0.610. The number of carbonyl (C=O) groups is 1. The van der Waals surface area contributed by atoms with Crippen molar-refractivity contribution in [2.75, 3.05) is 34.2 Å². The highest BCUT2D eigenvalue weighted by Crippen LogP contribution is 2.05. The quantitative estimate of drug-likeness (QED) is 0.714. The molecule has 0 aliphatic rings. The molecule has 18 heavy (non-hydrogen) atoms. The average Bonchev–Trinajstić information content (AvgIpc) is 2.22. The van der Waals surface area contributed by atoms with Crippen molar-refractivity contribution in [3.63, 3.8) is 0 Å². The lowest BCUT2D eigenvalue weighted by Gasteiger charge is -2.26. The van der Waals surface area contributed by atoms with Gasteiger partial charge in [-0.1, -0.05) is 13.8 Å². The highest BCUT2D eigenvalue weighted by Gasteiger charge is 2.16. The molecule has 0 fully saturated rings. The van der Waals surface area contributed by atoms with Crippen molar-refractivity contribution < 1.29 is 4.79 Å². The predicted molar refractivity (Wildman–Crippen MR) is 77.7 cm³/mol. The van der Waals surface area contributed by atoms with Gasteiger partial charge in [0.15, 0.2) is 0 Å². The number of nitrogens with zero attached hydrogens (tertiary/aromatic N) is 2. The van der Waals surface area contributed by atoms with Crippen molar-refractivity contribution in [3.05, 3.63) is 0 Å². The fourth-order valence-electron chi connectivity index (χ4n) is 1.88. The van der Waals surface area contributed by atoms with E-state index in [-0.39, 0.29) is 11.9 Å². The first kappa shape index (κ1) is 17.4. The van der Waals surface area contributed by atoms with Gasteiger partial charge in [0.2, 0.25) is 5.91 Å². The van der Waals surface area contributed by atoms with Crippen molar-refractivity contribution in [1.29, 1.82) is 0 Å². The topological polar surface area (TPSA) is 35.6 Å². The lowest BCUT2D eigenvalue weighted by Crippen LogP contribution is -2.46. The summed E-state index contributed by atoms with van der Waals surface area (Å²) >= 11 is 0. The largest absolute Gasteiger partial charge is 0.342 e. The maximum Gasteiger partial charge on any atom is 0.236 e. The van der Waals surface area contributed by atoms with Crippen molar-refractivity contribution in [3.8, 4) is 0 Å². The van der Waals surface area contributed by atoms with Gasteiger partial charge in [0.25, 0.3) is 0 Å². The third kappa shape index (κ3) is 7.67. The molecule has 108 valence electrons. The van der Waals surface area contributed by atoms with E-state index in [0.717, 1.165) is 13.0 Å². The van der Waals surface area contributed by atoms with E-state index in [1.165, 1.54) is 0 Å². The molecule has 0 aliphatic heterocycles. The fourth-order valence-corrected chi connectivity index (χ4v) is 1.88. The van der Waals surface area contributed by atoms with Gasteiger partial charge in [-0.15, -0.1) is 0 Å². The lowest BCUT2D eigenvalue weighted by atomic mass is 10.0. The van der Waals surface area contributed by atoms with Crippen LogP contribution in [0.4, 0.5) is 0 Å². The van der Waals surface area contributed by atoms with Gasteiger partial charge in [-0.05, 0) is 40.3 Å². The van der Waals surface area contributed by atoms with Gasteiger partial charge in [-0.3, -0.25) is 4.79 Å². The summed E-state index contributed by atoms with van der Waals surface area (Å²) < 4.78 is 0. The maximum atomic E-state index is 11.9. The molecule has 0 heterocycles. The minimum atomic E-state index is 0.164. The number of likely N-dealkylation sites (N-methyl/N-ethyl adjacent to an activating group) is 2. The Labute approximate surface area is 113 Å². The Morgan fingerprint density at radius 3 is 2.06 bits per heavy atom. The average molecular weight is 257 g/mol. The summed E-state index contributed by atoms with van der Waals surface area (Å²) in [5.74, 6) is 0.804. The molecule has 1 amide bonds. The fraction of sp³-hybridized carbons (Fsp3) is 0.929. The maximum absolute atomic E-state index is 11.9. The van der Waals surface area contributed by atoms with Crippen molar-refractivity contribution in [2.24, 2.45) is 5.92 Å². The number of hydrogen-bond donors (Lipinski definition) is 1. The minimum absolute atomic E-state index is 0.164. The van der Waals surface area contributed by atoms with Crippen LogP contribution in [0.15, 0.2) is 0 Å². The minimum Gasteiger partial charge on any atom is -0.342 e. The van der Waals surface area contributed by atoms with E-state index < -0.39 is 0 Å². The van der Waals surface area contributed by atoms with Gasteiger partial charge in [0, 0.05) is 25.7 Å². The molecular weight excluding hydrogens is 226 g/mol. The molecule has 0 aromatic carbocycles. The van der Waals surface area contributed by atoms with Crippen LogP contribution in [0.3, 0.4) is 0 Å². The Morgan fingerprint density at radius 1 is 1.11 bits per heavy atom. The molecule has 0 rings (SSSR count). The molecule has 0 bridgehead atoms. The highest BCUT2D eigenvalue weighted by molar-refractivity contribution is 5.78. The van der Waals surface area contributed by atoms with Crippen LogP contribution in [-0.4, -0.2) is 62.0 Å². The first-order chi connectivity index (χ1) is 8.23. The van der Waals surface area contributed by atoms with Gasteiger partial charge in [-0.2, -0.15) is 0 Å². The Bertz CT molecular complexity index is 229. The number of hydrogen-bond acceptors (Lipinski definition) is 3. The van der Waals surface area contributed by atoms with Crippen LogP contribution < -0.4 is 5.32 Å². The second kappa shape index (κ2) is 8.48. The van der Waals surface area contributed by atoms with E-state index in [1.54, 1.807) is 4.90 Å². The number of nitrogens with one attached hydrogen (secondary N) is 1. The van der Waals surface area contributed by atoms with E-state index >= 15 is 0 Å². The summed E-state index contributed by atoms with van der Waals surface area (Å²) in [6, 6.07) is 0.640. The van der Waals surface area contributed by atoms with Crippen LogP contribution in [0, 0.1) is 5.92 Å². The highest BCUT2D eigenvalue weighted by atomic mass is 16.2. The van der Waals surface area contributed by atoms with Crippen molar-refractivity contribution in [1.82, 2.24) is 15.1 Å². The van der Waals surface area contributed by atoms with Crippen molar-refractivity contribution in [2.45, 2.75) is 46.2 Å². The molecule has 0 spiro atoms. The van der Waals surface area contributed by atoms with Crippen LogP contribution >= 0.6 is 0 Å². The zero-order chi connectivity index (χ0) is 14.3. The Kier molecular flexibility index (Phi) is 8.20. The molecule has 0 aliphatic carbocycles. The molecule has 0 radical (unpaired) electrons. The normalized spacial score (nSPS) is 13.4. The monoisotopic (exact) mass is 257 g/mol. The van der Waals surface area contributed by atoms with Gasteiger partial charge in [0.05, 0.1) is 6.54 Å². The zero-order valence-corrected chi connectivity index (χ0v) is 13.2. The smallest absolute Gasteiger partial charge is 0.236 e. The Morgan fingerprint density at radius 2 is 1.67 bits per heavy atom. The Balaban J connectivity index is 4.20. The third-order valence-corrected chi connectivity index (χ3v) is 3.05. The van der Waals surface area contributed by atoms with Gasteiger partial charge < -0.3 is 15.1 Å². The molecule has 1 atom stereocenters. The summed E-state index contributed by atoms with van der Waals surface area (Å²) in [7, 11) is 5.99. The molecular formula is C14H31N3O. The van der Waals surface area contributed by atoms with Crippen LogP contribution in [0.5, 0.6) is 0 Å². The summed E-state index contributed by atoms with van der Waals surface area (Å²) in [5.41, 5.74) is 0. The van der Waals surface area contributed by atoms with Crippen LogP contribution in [0.2, 0.25) is 0 Å². The molecule has 0 saturated heterocycles. The van der Waals surface area contributed by atoms with E-state index in [1.807, 2.05) is 20.9 Å². The van der Waals surface area contributed by atoms with E-state index in [0.29, 0.717) is 18.5 Å². The second-order valence-electron chi connectivity index (χ2n) is 6.07. The van der Waals surface area contributed by atoms with Crippen LogP contribution in [-0.2, 0) is 4.79 Å². The summed E-state index contributed by atoms with van der Waals surface area (Å²) in [6.45, 7) is 9.89. The summed E-state index contributed by atoms with van der Waals surface area (Å²) in [5, 5.41) is 3.39. The summed E-state index contributed by atoms with van der Waals surface area (Å²) in [6.07, 6.45) is 1.09. The first-order valence-corrected chi connectivity index (χ1v) is 6.87. The van der Waals surface area contributed by atoms with Crippen LogP contribution in [0.25, 0.3) is 0 Å². The van der Waals surface area contributed by atoms with Gasteiger partial charge >= 0.3 is 0 Å². The second-order valence-corrected chi connectivity index (χ2v) is 6.07. The molecule has 0 aromatic heterocycles. The van der Waals surface area contributed by atoms with Gasteiger partial charge in [-0.25, -0.2) is 0 Å². The predicted octanol–water partition coefficient (Wildman–Crippen LogP) is 1.42. The number of carbonyl (C=O) groups excluding carboxylic acids is 1.